The Labute approximate surface area is 202 Å². The number of benzene rings is 2. The van der Waals surface area contributed by atoms with Crippen LogP contribution in [0.2, 0.25) is 0 Å². The van der Waals surface area contributed by atoms with Crippen molar-refractivity contribution in [2.75, 3.05) is 14.2 Å². The lowest BCUT2D eigenvalue weighted by Gasteiger charge is -2.20. The molecule has 0 spiro atoms. The third-order valence-corrected chi connectivity index (χ3v) is 6.32. The number of aryl methyl sites for hydroxylation is 1. The number of rotatable bonds is 11. The monoisotopic (exact) mass is 477 g/mol. The Balaban J connectivity index is 1.36. The fourth-order valence-corrected chi connectivity index (χ4v) is 4.26. The normalized spacial score (nSPS) is 11.7. The highest BCUT2D eigenvalue weighted by Gasteiger charge is 2.17. The van der Waals surface area contributed by atoms with Crippen LogP contribution in [0.4, 0.5) is 0 Å². The Morgan fingerprint density at radius 2 is 1.74 bits per heavy atom. The molecule has 0 saturated carbocycles. The average molecular weight is 478 g/mol. The summed E-state index contributed by atoms with van der Waals surface area (Å²) in [4.78, 5) is 18.2. The molecular weight excluding hydrogens is 450 g/mol. The topological polar surface area (TPSA) is 86.5 Å². The maximum absolute atomic E-state index is 12.8. The van der Waals surface area contributed by atoms with E-state index in [9.17, 15) is 4.79 Å². The summed E-state index contributed by atoms with van der Waals surface area (Å²) in [5.74, 6) is 2.69. The molecule has 1 N–H and O–H groups in total. The van der Waals surface area contributed by atoms with Crippen molar-refractivity contribution in [3.63, 3.8) is 0 Å². The first kappa shape index (κ1) is 23.5. The van der Waals surface area contributed by atoms with Gasteiger partial charge in [0, 0.05) is 12.8 Å². The van der Waals surface area contributed by atoms with E-state index in [2.05, 4.69) is 15.5 Å². The Bertz CT molecular complexity index is 1170. The van der Waals surface area contributed by atoms with Gasteiger partial charge in [0.25, 0.3) is 0 Å². The van der Waals surface area contributed by atoms with Gasteiger partial charge in [0.2, 0.25) is 17.6 Å². The quantitative estimate of drug-likeness (QED) is 0.318. The predicted molar refractivity (Wildman–Crippen MR) is 131 cm³/mol. The molecule has 0 saturated heterocycles. The minimum Gasteiger partial charge on any atom is -0.497 e. The summed E-state index contributed by atoms with van der Waals surface area (Å²) in [6.45, 7) is 0. The highest BCUT2D eigenvalue weighted by atomic mass is 32.1. The van der Waals surface area contributed by atoms with Gasteiger partial charge in [-0.25, -0.2) is 0 Å². The Morgan fingerprint density at radius 3 is 2.38 bits per heavy atom. The SMILES string of the molecule is COc1ccc(CC(NC(=O)CCCc2nc(-c3cccs3)no2)c2ccc(OC)cc2)cc1. The molecular formula is C26H27N3O4S. The summed E-state index contributed by atoms with van der Waals surface area (Å²) in [7, 11) is 3.28. The summed E-state index contributed by atoms with van der Waals surface area (Å²) in [6.07, 6.45) is 2.20. The van der Waals surface area contributed by atoms with E-state index in [-0.39, 0.29) is 11.9 Å². The van der Waals surface area contributed by atoms with Gasteiger partial charge in [-0.05, 0) is 59.7 Å². The lowest BCUT2D eigenvalue weighted by molar-refractivity contribution is -0.121. The molecule has 4 rings (SSSR count). The molecule has 2 heterocycles. The van der Waals surface area contributed by atoms with E-state index in [0.29, 0.717) is 37.4 Å². The van der Waals surface area contributed by atoms with Gasteiger partial charge in [-0.15, -0.1) is 11.3 Å². The number of amides is 1. The summed E-state index contributed by atoms with van der Waals surface area (Å²) in [5, 5.41) is 9.18. The number of hydrogen-bond donors (Lipinski definition) is 1. The van der Waals surface area contributed by atoms with Crippen molar-refractivity contribution < 1.29 is 18.8 Å². The fraction of sp³-hybridized carbons (Fsp3) is 0.269. The molecule has 2 aromatic carbocycles. The van der Waals surface area contributed by atoms with Crippen LogP contribution in [0.25, 0.3) is 10.7 Å². The van der Waals surface area contributed by atoms with E-state index in [1.54, 1.807) is 25.6 Å². The summed E-state index contributed by atoms with van der Waals surface area (Å²) in [6, 6.07) is 19.4. The lowest BCUT2D eigenvalue weighted by Crippen LogP contribution is -2.29. The molecule has 4 aromatic rings. The molecule has 1 atom stereocenters. The summed E-state index contributed by atoms with van der Waals surface area (Å²) < 4.78 is 15.9. The smallest absolute Gasteiger partial charge is 0.226 e. The molecule has 1 amide bonds. The number of carbonyl (C=O) groups is 1. The van der Waals surface area contributed by atoms with Crippen LogP contribution in [0.3, 0.4) is 0 Å². The Hall–Kier alpha value is -3.65. The molecule has 7 nitrogen and oxygen atoms in total. The van der Waals surface area contributed by atoms with Gasteiger partial charge < -0.3 is 19.3 Å². The zero-order valence-corrected chi connectivity index (χ0v) is 20.0. The maximum Gasteiger partial charge on any atom is 0.226 e. The van der Waals surface area contributed by atoms with Gasteiger partial charge in [0.05, 0.1) is 25.1 Å². The number of hydrogen-bond acceptors (Lipinski definition) is 7. The molecule has 0 radical (unpaired) electrons. The number of ether oxygens (including phenoxy) is 2. The van der Waals surface area contributed by atoms with E-state index in [1.165, 1.54) is 0 Å². The van der Waals surface area contributed by atoms with Crippen LogP contribution < -0.4 is 14.8 Å². The Kier molecular flexibility index (Phi) is 7.93. The number of carbonyl (C=O) groups excluding carboxylic acids is 1. The number of nitrogens with zero attached hydrogens (tertiary/aromatic N) is 2. The van der Waals surface area contributed by atoms with Crippen LogP contribution in [0.1, 0.15) is 35.9 Å². The van der Waals surface area contributed by atoms with E-state index < -0.39 is 0 Å². The second-order valence-corrected chi connectivity index (χ2v) is 8.74. The second kappa shape index (κ2) is 11.5. The lowest BCUT2D eigenvalue weighted by atomic mass is 9.98. The van der Waals surface area contributed by atoms with Crippen LogP contribution in [-0.2, 0) is 17.6 Å². The second-order valence-electron chi connectivity index (χ2n) is 7.79. The highest BCUT2D eigenvalue weighted by Crippen LogP contribution is 2.24. The highest BCUT2D eigenvalue weighted by molar-refractivity contribution is 7.13. The zero-order valence-electron chi connectivity index (χ0n) is 19.2. The summed E-state index contributed by atoms with van der Waals surface area (Å²) >= 11 is 1.56. The first-order valence-electron chi connectivity index (χ1n) is 11.1. The molecule has 34 heavy (non-hydrogen) atoms. The molecule has 1 unspecified atom stereocenters. The van der Waals surface area contributed by atoms with E-state index in [4.69, 9.17) is 14.0 Å². The minimum atomic E-state index is -0.166. The number of methoxy groups -OCH3 is 2. The number of aromatic nitrogens is 2. The zero-order chi connectivity index (χ0) is 23.8. The van der Waals surface area contributed by atoms with Gasteiger partial charge in [0.15, 0.2) is 0 Å². The first-order chi connectivity index (χ1) is 16.6. The number of nitrogens with one attached hydrogen (secondary N) is 1. The van der Waals surface area contributed by atoms with Crippen molar-refractivity contribution in [1.82, 2.24) is 15.5 Å². The minimum absolute atomic E-state index is 0.0210. The third-order valence-electron chi connectivity index (χ3n) is 5.46. The van der Waals surface area contributed by atoms with Crippen LogP contribution >= 0.6 is 11.3 Å². The van der Waals surface area contributed by atoms with Crippen molar-refractivity contribution >= 4 is 17.2 Å². The standard InChI is InChI=1S/C26H27N3O4S/c1-31-20-12-8-18(9-13-20)17-22(19-10-14-21(32-2)15-11-19)27-24(30)6-3-7-25-28-26(29-33-25)23-5-4-16-34-23/h4-5,8-16,22H,3,6-7,17H2,1-2H3,(H,27,30). The molecule has 0 aliphatic carbocycles. The first-order valence-corrected chi connectivity index (χ1v) is 12.0. The van der Waals surface area contributed by atoms with Gasteiger partial charge in [-0.3, -0.25) is 4.79 Å². The molecule has 8 heteroatoms. The average Bonchev–Trinajstić information content (AvgIpc) is 3.57. The van der Waals surface area contributed by atoms with Crippen molar-refractivity contribution in [3.05, 3.63) is 83.1 Å². The fourth-order valence-electron chi connectivity index (χ4n) is 3.61. The van der Waals surface area contributed by atoms with Crippen LogP contribution in [0.15, 0.2) is 70.6 Å². The van der Waals surface area contributed by atoms with Crippen LogP contribution in [0.5, 0.6) is 11.5 Å². The third kappa shape index (κ3) is 6.23. The predicted octanol–water partition coefficient (Wildman–Crippen LogP) is 5.24. The number of thiophene rings is 1. The van der Waals surface area contributed by atoms with Crippen molar-refractivity contribution in [2.24, 2.45) is 0 Å². The van der Waals surface area contributed by atoms with Crippen LogP contribution in [0, 0.1) is 0 Å². The van der Waals surface area contributed by atoms with Crippen molar-refractivity contribution in [3.8, 4) is 22.2 Å². The van der Waals surface area contributed by atoms with Crippen molar-refractivity contribution in [2.45, 2.75) is 31.7 Å². The van der Waals surface area contributed by atoms with E-state index in [0.717, 1.165) is 27.5 Å². The molecule has 0 aliphatic rings. The molecule has 2 aromatic heterocycles. The molecule has 0 bridgehead atoms. The largest absolute Gasteiger partial charge is 0.497 e. The van der Waals surface area contributed by atoms with Crippen molar-refractivity contribution in [1.29, 1.82) is 0 Å². The molecule has 0 aliphatic heterocycles. The van der Waals surface area contributed by atoms with Gasteiger partial charge in [-0.2, -0.15) is 4.98 Å². The van der Waals surface area contributed by atoms with Gasteiger partial charge in [0.1, 0.15) is 11.5 Å². The Morgan fingerprint density at radius 1 is 1.03 bits per heavy atom. The van der Waals surface area contributed by atoms with Gasteiger partial charge in [-0.1, -0.05) is 35.5 Å². The van der Waals surface area contributed by atoms with Crippen LogP contribution in [-0.4, -0.2) is 30.3 Å². The van der Waals surface area contributed by atoms with E-state index >= 15 is 0 Å². The molecule has 176 valence electrons. The maximum atomic E-state index is 12.8. The summed E-state index contributed by atoms with van der Waals surface area (Å²) in [5.41, 5.74) is 2.12. The van der Waals surface area contributed by atoms with Gasteiger partial charge >= 0.3 is 0 Å². The molecule has 0 fully saturated rings. The van der Waals surface area contributed by atoms with E-state index in [1.807, 2.05) is 66.0 Å².